The first-order chi connectivity index (χ1) is 67.3. The Morgan fingerprint density at radius 3 is 1.15 bits per heavy atom. The zero-order chi connectivity index (χ0) is 92.4. The van der Waals surface area contributed by atoms with Crippen molar-refractivity contribution in [2.24, 2.45) is 0 Å². The Bertz CT molecular complexity index is 7810. The van der Waals surface area contributed by atoms with Crippen molar-refractivity contribution in [2.45, 2.75) is 243 Å². The first kappa shape index (κ1) is 85.6. The second-order valence-corrected chi connectivity index (χ2v) is 42.5. The van der Waals surface area contributed by atoms with Crippen LogP contribution in [0.25, 0.3) is 144 Å². The van der Waals surface area contributed by atoms with Gasteiger partial charge in [-0.2, -0.15) is 0 Å². The highest BCUT2D eigenvalue weighted by atomic mass is 16.3. The van der Waals surface area contributed by atoms with E-state index >= 15 is 0 Å². The van der Waals surface area contributed by atoms with Gasteiger partial charge in [-0.15, -0.1) is 0 Å². The first-order valence-corrected chi connectivity index (χ1v) is 52.5. The molecule has 18 aromatic rings. The molecule has 7 aliphatic carbocycles. The number of hydrogen-bond donors (Lipinski definition) is 0. The molecule has 0 bridgehead atoms. The minimum Gasteiger partial charge on any atom is -0.456 e. The van der Waals surface area contributed by atoms with Crippen LogP contribution in [0.15, 0.2) is 312 Å². The fourth-order valence-electron chi connectivity index (χ4n) is 28.5. The van der Waals surface area contributed by atoms with Gasteiger partial charge in [0.05, 0.1) is 16.5 Å². The quantitative estimate of drug-likeness (QED) is 0.0438. The maximum Gasteiger partial charge on any atom is 0.143 e. The molecule has 0 saturated carbocycles. The lowest BCUT2D eigenvalue weighted by Crippen LogP contribution is -2.27. The summed E-state index contributed by atoms with van der Waals surface area (Å²) in [6.45, 7) is 21.5. The maximum atomic E-state index is 7.60. The van der Waals surface area contributed by atoms with Gasteiger partial charge in [-0.1, -0.05) is 400 Å². The molecule has 0 unspecified atom stereocenters. The largest absolute Gasteiger partial charge is 0.456 e. The van der Waals surface area contributed by atoms with E-state index in [0.29, 0.717) is 0 Å². The molecule has 25 rings (SSSR count). The number of aryl methyl sites for hydroxylation is 3. The fraction of sp³-hybridized carbons (Fsp3) is 0.284. The van der Waals surface area contributed by atoms with Crippen LogP contribution in [0.2, 0.25) is 0 Å². The van der Waals surface area contributed by atoms with E-state index < -0.39 is 10.8 Å². The normalized spacial score (nSPS) is 15.0. The Balaban J connectivity index is 0.663. The Morgan fingerprint density at radius 2 is 0.606 bits per heavy atom. The van der Waals surface area contributed by atoms with Crippen molar-refractivity contribution in [1.29, 1.82) is 0 Å². The van der Waals surface area contributed by atoms with Crippen molar-refractivity contribution in [3.8, 4) is 100 Å². The van der Waals surface area contributed by atoms with Gasteiger partial charge in [-0.05, 0) is 309 Å². The van der Waals surface area contributed by atoms with E-state index in [1.807, 2.05) is 0 Å². The van der Waals surface area contributed by atoms with Crippen LogP contribution >= 0.6 is 0 Å². The molecule has 3 nitrogen and oxygen atoms in total. The lowest BCUT2D eigenvalue weighted by Gasteiger charge is -2.35. The molecule has 2 heterocycles. The monoisotopic (exact) mass is 1780 g/mol. The summed E-state index contributed by atoms with van der Waals surface area (Å²) in [5.74, 6) is 0. The lowest BCUT2D eigenvalue weighted by atomic mass is 9.68. The molecular weight excluding hydrogens is 1660 g/mol. The van der Waals surface area contributed by atoms with Gasteiger partial charge in [0.25, 0.3) is 0 Å². The topological polar surface area (TPSA) is 29.5 Å². The Kier molecular flexibility index (Phi) is 20.9. The minimum atomic E-state index is -0.714. The summed E-state index contributed by atoms with van der Waals surface area (Å²) in [5.41, 5.74) is 52.2. The zero-order valence-corrected chi connectivity index (χ0v) is 81.6. The van der Waals surface area contributed by atoms with E-state index in [1.54, 1.807) is 11.1 Å². The molecule has 3 heteroatoms. The van der Waals surface area contributed by atoms with Gasteiger partial charge in [-0.3, -0.25) is 0 Å². The van der Waals surface area contributed by atoms with Crippen LogP contribution in [0.5, 0.6) is 0 Å². The van der Waals surface area contributed by atoms with Crippen LogP contribution in [0.1, 0.15) is 290 Å². The van der Waals surface area contributed by atoms with Gasteiger partial charge >= 0.3 is 0 Å². The summed E-state index contributed by atoms with van der Waals surface area (Å²) < 4.78 is 14.6. The zero-order valence-electron chi connectivity index (χ0n) is 81.6. The van der Waals surface area contributed by atoms with E-state index in [0.717, 1.165) is 59.1 Å². The molecule has 2 spiro atoms. The second-order valence-electron chi connectivity index (χ2n) is 42.5. The third-order valence-electron chi connectivity index (χ3n) is 34.5. The molecule has 0 amide bonds. The van der Waals surface area contributed by atoms with Gasteiger partial charge in [-0.25, -0.2) is 0 Å². The van der Waals surface area contributed by atoms with Gasteiger partial charge in [0, 0.05) is 54.7 Å². The van der Waals surface area contributed by atoms with E-state index in [9.17, 15) is 0 Å². The molecule has 0 aliphatic heterocycles. The average molecular weight is 1780 g/mol. The summed E-state index contributed by atoms with van der Waals surface area (Å²) in [6, 6.07) is 121. The predicted molar refractivity (Wildman–Crippen MR) is 577 cm³/mol. The summed E-state index contributed by atoms with van der Waals surface area (Å²) in [5, 5.41) is 4.76. The number of rotatable bonds is 29. The van der Waals surface area contributed by atoms with Crippen LogP contribution in [0.3, 0.4) is 0 Å². The predicted octanol–water partition coefficient (Wildman–Crippen LogP) is 38.2. The van der Waals surface area contributed by atoms with Crippen LogP contribution in [-0.4, -0.2) is 0 Å². The summed E-state index contributed by atoms with van der Waals surface area (Å²) in [4.78, 5) is 2.72. The van der Waals surface area contributed by atoms with E-state index in [1.165, 1.54) is 340 Å². The molecule has 0 radical (unpaired) electrons. The number of hydrogen-bond acceptors (Lipinski definition) is 3. The Morgan fingerprint density at radius 1 is 0.241 bits per heavy atom. The number of furan rings is 2. The SMILES string of the molecule is CCCCCCCC1(CCCCCCC)c2ccccc2-c2ccc(-c3ccc4c(c3)C(C)(C)c3cc(-c5cc6c(c7c5oc5ccccc57)-c5ccc(N(c7ccc8c(c7)C7(c9ccccc9-c9ccccc97)c7cc9c(cc7-8)C7(c8ccccc8-c8ccccc87)c7ccc8oc%10ccccc%10c8c7-9)c7c(C)cc(C)cc7C)cc5C6(CCCCCCC)CCCCCCC)ccc3-4)cc21. The van der Waals surface area contributed by atoms with Gasteiger partial charge < -0.3 is 13.7 Å². The Labute approximate surface area is 810 Å². The van der Waals surface area contributed by atoms with E-state index in [4.69, 9.17) is 8.83 Å². The molecule has 7 aliphatic rings. The van der Waals surface area contributed by atoms with Crippen LogP contribution < -0.4 is 4.90 Å². The summed E-state index contributed by atoms with van der Waals surface area (Å²) in [6.07, 6.45) is 29.5. The highest BCUT2D eigenvalue weighted by Crippen LogP contribution is 2.71. The molecule has 0 fully saturated rings. The third-order valence-corrected chi connectivity index (χ3v) is 34.5. The van der Waals surface area contributed by atoms with Crippen molar-refractivity contribution in [3.05, 3.63) is 398 Å². The van der Waals surface area contributed by atoms with Gasteiger partial charge in [0.1, 0.15) is 22.3 Å². The summed E-state index contributed by atoms with van der Waals surface area (Å²) >= 11 is 0. The molecule has 0 saturated heterocycles. The van der Waals surface area contributed by atoms with Crippen LogP contribution in [0, 0.1) is 20.8 Å². The number of para-hydroxylation sites is 2. The number of nitrogens with zero attached hydrogens (tertiary/aromatic N) is 1. The number of fused-ring (bicyclic) bond motifs is 37. The van der Waals surface area contributed by atoms with Crippen molar-refractivity contribution in [1.82, 2.24) is 0 Å². The fourth-order valence-corrected chi connectivity index (χ4v) is 28.5. The molecule has 16 aromatic carbocycles. The summed E-state index contributed by atoms with van der Waals surface area (Å²) in [7, 11) is 0. The molecule has 137 heavy (non-hydrogen) atoms. The number of unbranched alkanes of at least 4 members (excludes halogenated alkanes) is 16. The highest BCUT2D eigenvalue weighted by Gasteiger charge is 2.58. The standard InChI is InChI=1S/C134H125NO2/c1-10-14-18-22-40-70-131(71-41-23-19-15-11-2)107-51-33-26-44-92(107)99-64-59-88(77-115(99)131)87-58-63-97-98-65-60-89(78-114(98)130(8,9)113(97)76-87)104-81-120-124(127-103-50-32-39-57-122(103)137-129(104)127)101-67-62-90(79-116(101)132(120,72-42-24-20-16-12-3)73-43-25-21-17-13-4)135(128-85(6)74-84(5)75-86(128)7)91-61-66-100-105-82-119-106(83-118(105)134(117(100)80-91)110-54-36-29-47-95(110)96-48-30-37-55-111(96)134)125-112(68-69-123-126(125)102-49-31-38-56-121(102)136-123)133(119)108-52-34-27-45-93(108)94-46-28-35-53-109(94)133/h26-39,44-69,74-83H,10-25,40-43,70-73H2,1-9H3. The molecule has 678 valence electrons. The van der Waals surface area contributed by atoms with Crippen molar-refractivity contribution in [3.63, 3.8) is 0 Å². The number of benzene rings is 16. The third kappa shape index (κ3) is 12.6. The van der Waals surface area contributed by atoms with Gasteiger partial charge in [0.2, 0.25) is 0 Å². The molecule has 0 atom stereocenters. The van der Waals surface area contributed by atoms with E-state index in [-0.39, 0.29) is 16.2 Å². The maximum absolute atomic E-state index is 7.60. The smallest absolute Gasteiger partial charge is 0.143 e. The average Bonchev–Trinajstić information content (AvgIpc) is 1.48. The number of anilines is 3. The highest BCUT2D eigenvalue weighted by molar-refractivity contribution is 6.20. The van der Waals surface area contributed by atoms with E-state index in [2.05, 4.69) is 371 Å². The molecular formula is C134H125NO2. The van der Waals surface area contributed by atoms with Crippen molar-refractivity contribution < 1.29 is 8.83 Å². The van der Waals surface area contributed by atoms with Crippen LogP contribution in [0.4, 0.5) is 17.1 Å². The Hall–Kier alpha value is -13.1. The second kappa shape index (κ2) is 33.4. The minimum absolute atomic E-state index is 0.0112. The first-order valence-electron chi connectivity index (χ1n) is 52.5. The van der Waals surface area contributed by atoms with Crippen molar-refractivity contribution in [2.75, 3.05) is 4.90 Å². The van der Waals surface area contributed by atoms with Crippen molar-refractivity contribution >= 4 is 60.9 Å². The lowest BCUT2D eigenvalue weighted by molar-refractivity contribution is 0.399. The molecule has 2 aromatic heterocycles. The molecule has 0 N–H and O–H groups in total. The van der Waals surface area contributed by atoms with Crippen LogP contribution in [-0.2, 0) is 27.1 Å². The van der Waals surface area contributed by atoms with Gasteiger partial charge in [0.15, 0.2) is 0 Å².